The molecule has 0 radical (unpaired) electrons. The highest BCUT2D eigenvalue weighted by Crippen LogP contribution is 2.23. The molecule has 10 heteroatoms. The summed E-state index contributed by atoms with van der Waals surface area (Å²) in [5.74, 6) is 0.341. The second kappa shape index (κ2) is 9.39. The van der Waals surface area contributed by atoms with Crippen molar-refractivity contribution in [1.82, 2.24) is 24.9 Å². The number of alkyl halides is 2. The molecule has 1 aromatic carbocycles. The fraction of sp³-hybridized carbons (Fsp3) is 0.364. The molecule has 1 fully saturated rings. The number of hydrogen-bond donors (Lipinski definition) is 0. The average molecular weight is 442 g/mol. The van der Waals surface area contributed by atoms with E-state index in [0.29, 0.717) is 43.2 Å². The minimum Gasteiger partial charge on any atom is -0.356 e. The molecule has 0 aliphatic carbocycles. The van der Waals surface area contributed by atoms with Crippen molar-refractivity contribution in [3.63, 3.8) is 0 Å². The van der Waals surface area contributed by atoms with Crippen molar-refractivity contribution in [2.75, 3.05) is 31.6 Å². The average Bonchev–Trinajstić information content (AvgIpc) is 3.33. The van der Waals surface area contributed by atoms with Gasteiger partial charge in [-0.05, 0) is 37.6 Å². The number of benzene rings is 1. The highest BCUT2D eigenvalue weighted by atomic mass is 19.3. The Balaban J connectivity index is 1.56. The van der Waals surface area contributed by atoms with Gasteiger partial charge in [-0.25, -0.2) is 13.8 Å². The van der Waals surface area contributed by atoms with Gasteiger partial charge < -0.3 is 14.5 Å². The van der Waals surface area contributed by atoms with Crippen LogP contribution in [-0.2, 0) is 4.74 Å². The normalized spacial score (nSPS) is 16.4. The Morgan fingerprint density at radius 2 is 2.03 bits per heavy atom. The van der Waals surface area contributed by atoms with E-state index in [1.165, 1.54) is 10.9 Å². The Morgan fingerprint density at radius 3 is 2.72 bits per heavy atom. The van der Waals surface area contributed by atoms with Crippen LogP contribution in [0.3, 0.4) is 0 Å². The Labute approximate surface area is 184 Å². The van der Waals surface area contributed by atoms with Gasteiger partial charge in [0, 0.05) is 25.4 Å². The van der Waals surface area contributed by atoms with Crippen LogP contribution in [0.5, 0.6) is 0 Å². The molecular formula is C22H24F2N6O2. The predicted molar refractivity (Wildman–Crippen MR) is 114 cm³/mol. The summed E-state index contributed by atoms with van der Waals surface area (Å²) in [5.41, 5.74) is 1.89. The third kappa shape index (κ3) is 4.59. The molecule has 0 spiro atoms. The van der Waals surface area contributed by atoms with E-state index in [2.05, 4.69) is 15.2 Å². The van der Waals surface area contributed by atoms with E-state index >= 15 is 0 Å². The molecule has 3 aromatic rings. The number of likely N-dealkylation sites (N-methyl/N-ethyl adjacent to an activating group) is 1. The van der Waals surface area contributed by atoms with Gasteiger partial charge in [0.15, 0.2) is 0 Å². The van der Waals surface area contributed by atoms with Gasteiger partial charge >= 0.3 is 0 Å². The molecule has 4 rings (SSSR count). The van der Waals surface area contributed by atoms with E-state index in [1.54, 1.807) is 35.3 Å². The fourth-order valence-corrected chi connectivity index (χ4v) is 3.64. The lowest BCUT2D eigenvalue weighted by atomic mass is 10.1. The Hall–Kier alpha value is -3.40. The van der Waals surface area contributed by atoms with Crippen LogP contribution in [0.15, 0.2) is 48.9 Å². The van der Waals surface area contributed by atoms with E-state index < -0.39 is 12.7 Å². The Morgan fingerprint density at radius 1 is 1.25 bits per heavy atom. The molecule has 1 aliphatic rings. The number of rotatable bonds is 6. The topological polar surface area (TPSA) is 76.4 Å². The molecule has 1 atom stereocenters. The van der Waals surface area contributed by atoms with Gasteiger partial charge in [-0.2, -0.15) is 15.0 Å². The molecule has 0 N–H and O–H groups in total. The Bertz CT molecular complexity index is 1060. The molecule has 1 saturated heterocycles. The maximum Gasteiger partial charge on any atom is 0.265 e. The van der Waals surface area contributed by atoms with Crippen LogP contribution in [0, 0.1) is 6.92 Å². The molecule has 1 aliphatic heterocycles. The maximum atomic E-state index is 13.6. The summed E-state index contributed by atoms with van der Waals surface area (Å²) >= 11 is 0. The summed E-state index contributed by atoms with van der Waals surface area (Å²) in [6, 6.07) is 8.44. The van der Waals surface area contributed by atoms with Crippen molar-refractivity contribution in [3.05, 3.63) is 65.6 Å². The van der Waals surface area contributed by atoms with Gasteiger partial charge in [-0.3, -0.25) is 4.79 Å². The van der Waals surface area contributed by atoms with Crippen LogP contribution in [0.2, 0.25) is 0 Å². The van der Waals surface area contributed by atoms with Gasteiger partial charge in [-0.1, -0.05) is 11.6 Å². The second-order valence-corrected chi connectivity index (χ2v) is 7.65. The van der Waals surface area contributed by atoms with Crippen LogP contribution in [0.4, 0.5) is 14.6 Å². The van der Waals surface area contributed by atoms with Crippen LogP contribution < -0.4 is 4.90 Å². The first-order chi connectivity index (χ1) is 15.4. The number of pyridine rings is 1. The summed E-state index contributed by atoms with van der Waals surface area (Å²) in [6.45, 7) is 3.33. The van der Waals surface area contributed by atoms with E-state index in [-0.39, 0.29) is 11.5 Å². The molecule has 0 bridgehead atoms. The fourth-order valence-electron chi connectivity index (χ4n) is 3.64. The molecular weight excluding hydrogens is 418 g/mol. The maximum absolute atomic E-state index is 13.6. The van der Waals surface area contributed by atoms with Crippen LogP contribution >= 0.6 is 0 Å². The number of aryl methyl sites for hydroxylation is 1. The summed E-state index contributed by atoms with van der Waals surface area (Å²) in [6.07, 6.45) is 1.91. The number of nitrogens with zero attached hydrogens (tertiary/aromatic N) is 6. The predicted octanol–water partition coefficient (Wildman–Crippen LogP) is 3.23. The van der Waals surface area contributed by atoms with Crippen LogP contribution in [-0.4, -0.2) is 63.8 Å². The largest absolute Gasteiger partial charge is 0.356 e. The zero-order valence-corrected chi connectivity index (χ0v) is 17.9. The number of carbonyl (C=O) groups is 1. The zero-order chi connectivity index (χ0) is 22.7. The lowest BCUT2D eigenvalue weighted by Crippen LogP contribution is -2.51. The summed E-state index contributed by atoms with van der Waals surface area (Å²) < 4.78 is 31.5. The first kappa shape index (κ1) is 21.8. The first-order valence-corrected chi connectivity index (χ1v) is 10.3. The third-order valence-electron chi connectivity index (χ3n) is 5.32. The number of anilines is 1. The molecule has 168 valence electrons. The molecule has 2 aromatic heterocycles. The summed E-state index contributed by atoms with van der Waals surface area (Å²) in [4.78, 5) is 22.6. The lowest BCUT2D eigenvalue weighted by Gasteiger charge is -2.38. The molecule has 1 unspecified atom stereocenters. The van der Waals surface area contributed by atoms with Crippen LogP contribution in [0.25, 0.3) is 5.69 Å². The number of hydrogen-bond acceptors (Lipinski definition) is 6. The number of amides is 1. The first-order valence-electron chi connectivity index (χ1n) is 10.3. The smallest absolute Gasteiger partial charge is 0.265 e. The number of aromatic nitrogens is 4. The summed E-state index contributed by atoms with van der Waals surface area (Å²) in [5, 5.41) is 8.33. The molecule has 1 amide bonds. The van der Waals surface area contributed by atoms with Crippen molar-refractivity contribution in [1.29, 1.82) is 0 Å². The van der Waals surface area contributed by atoms with Crippen molar-refractivity contribution >= 4 is 11.7 Å². The molecule has 8 nitrogen and oxygen atoms in total. The highest BCUT2D eigenvalue weighted by Gasteiger charge is 2.31. The van der Waals surface area contributed by atoms with Gasteiger partial charge in [0.05, 0.1) is 36.8 Å². The molecule has 3 heterocycles. The molecule has 32 heavy (non-hydrogen) atoms. The molecule has 0 saturated carbocycles. The van der Waals surface area contributed by atoms with Gasteiger partial charge in [0.25, 0.3) is 12.3 Å². The van der Waals surface area contributed by atoms with Crippen LogP contribution in [0.1, 0.15) is 34.3 Å². The van der Waals surface area contributed by atoms with E-state index in [1.807, 2.05) is 25.1 Å². The number of halogens is 2. The third-order valence-corrected chi connectivity index (χ3v) is 5.32. The van der Waals surface area contributed by atoms with Gasteiger partial charge in [-0.15, -0.1) is 0 Å². The van der Waals surface area contributed by atoms with Crippen molar-refractivity contribution < 1.29 is 18.3 Å². The number of carbonyl (C=O) groups excluding carboxylic acids is 1. The summed E-state index contributed by atoms with van der Waals surface area (Å²) in [7, 11) is 1.79. The van der Waals surface area contributed by atoms with Crippen molar-refractivity contribution in [2.45, 2.75) is 26.0 Å². The Kier molecular flexibility index (Phi) is 6.40. The van der Waals surface area contributed by atoms with E-state index in [4.69, 9.17) is 4.74 Å². The minimum atomic E-state index is -2.57. The van der Waals surface area contributed by atoms with Crippen molar-refractivity contribution in [3.8, 4) is 5.69 Å². The zero-order valence-electron chi connectivity index (χ0n) is 17.9. The number of ether oxygens (including phenoxy) is 1. The monoisotopic (exact) mass is 442 g/mol. The highest BCUT2D eigenvalue weighted by molar-refractivity contribution is 5.98. The minimum absolute atomic E-state index is 0.132. The van der Waals surface area contributed by atoms with E-state index in [0.717, 1.165) is 11.8 Å². The van der Waals surface area contributed by atoms with Crippen molar-refractivity contribution in [2.24, 2.45) is 0 Å². The lowest BCUT2D eigenvalue weighted by molar-refractivity contribution is -0.0716. The standard InChI is InChI=1S/C22H24F2N6O2/c1-15-4-6-18(30-26-8-9-27-30)17(12-15)22(31)29-10-3-11-32-20(29)14-28(2)19-7-5-16(13-25-19)21(23)24/h4-9,12-13,20-21H,3,10-11,14H2,1-2H3. The van der Waals surface area contributed by atoms with Gasteiger partial charge in [0.2, 0.25) is 0 Å². The second-order valence-electron chi connectivity index (χ2n) is 7.65. The SMILES string of the molecule is Cc1ccc(-n2nccn2)c(C(=O)N2CCCOC2CN(C)c2ccc(C(F)F)cn2)c1. The van der Waals surface area contributed by atoms with Gasteiger partial charge in [0.1, 0.15) is 12.0 Å². The van der Waals surface area contributed by atoms with E-state index in [9.17, 15) is 13.6 Å². The quantitative estimate of drug-likeness (QED) is 0.584.